The lowest BCUT2D eigenvalue weighted by Crippen LogP contribution is -2.18. The van der Waals surface area contributed by atoms with Gasteiger partial charge in [0.2, 0.25) is 0 Å². The molecule has 0 aromatic heterocycles. The number of benzene rings is 1. The van der Waals surface area contributed by atoms with Crippen molar-refractivity contribution in [3.8, 4) is 5.75 Å². The number of aryl methyl sites for hydroxylation is 2. The van der Waals surface area contributed by atoms with Crippen molar-refractivity contribution in [1.29, 1.82) is 0 Å². The van der Waals surface area contributed by atoms with E-state index in [-0.39, 0.29) is 6.04 Å². The van der Waals surface area contributed by atoms with E-state index < -0.39 is 0 Å². The van der Waals surface area contributed by atoms with Crippen molar-refractivity contribution in [3.63, 3.8) is 0 Å². The van der Waals surface area contributed by atoms with Crippen molar-refractivity contribution in [1.82, 2.24) is 0 Å². The summed E-state index contributed by atoms with van der Waals surface area (Å²) in [5.41, 5.74) is 8.03. The molecule has 0 fully saturated rings. The fourth-order valence-corrected chi connectivity index (χ4v) is 1.37. The van der Waals surface area contributed by atoms with Gasteiger partial charge in [-0.3, -0.25) is 0 Å². The van der Waals surface area contributed by atoms with E-state index >= 15 is 0 Å². The molecule has 0 amide bonds. The first kappa shape index (κ1) is 11.1. The number of para-hydroxylation sites is 1. The van der Waals surface area contributed by atoms with Gasteiger partial charge < -0.3 is 10.5 Å². The van der Waals surface area contributed by atoms with E-state index in [0.29, 0.717) is 6.61 Å². The van der Waals surface area contributed by atoms with E-state index in [1.54, 1.807) is 0 Å². The molecule has 1 aromatic carbocycles. The molecule has 14 heavy (non-hydrogen) atoms. The van der Waals surface area contributed by atoms with Crippen LogP contribution in [0.2, 0.25) is 0 Å². The first-order chi connectivity index (χ1) is 6.61. The van der Waals surface area contributed by atoms with Crippen LogP contribution in [0.4, 0.5) is 0 Å². The third kappa shape index (κ3) is 3.04. The Bertz CT molecular complexity index is 274. The van der Waals surface area contributed by atoms with Gasteiger partial charge >= 0.3 is 0 Å². The van der Waals surface area contributed by atoms with Gasteiger partial charge in [-0.1, -0.05) is 18.2 Å². The fraction of sp³-hybridized carbons (Fsp3) is 0.500. The van der Waals surface area contributed by atoms with Gasteiger partial charge in [-0.2, -0.15) is 0 Å². The quantitative estimate of drug-likeness (QED) is 0.797. The molecule has 0 radical (unpaired) electrons. The number of hydrogen-bond donors (Lipinski definition) is 1. The number of rotatable bonds is 4. The second-order valence-corrected chi connectivity index (χ2v) is 3.84. The number of nitrogens with two attached hydrogens (primary N) is 1. The van der Waals surface area contributed by atoms with Crippen LogP contribution in [0.15, 0.2) is 18.2 Å². The third-order valence-corrected chi connectivity index (χ3v) is 2.23. The molecule has 0 aliphatic rings. The summed E-state index contributed by atoms with van der Waals surface area (Å²) in [7, 11) is 0. The largest absolute Gasteiger partial charge is 0.493 e. The molecule has 0 spiro atoms. The highest BCUT2D eigenvalue weighted by molar-refractivity contribution is 5.39. The Hall–Kier alpha value is -1.02. The van der Waals surface area contributed by atoms with Crippen molar-refractivity contribution in [3.05, 3.63) is 29.3 Å². The lowest BCUT2D eigenvalue weighted by molar-refractivity contribution is 0.297. The molecule has 1 atom stereocenters. The van der Waals surface area contributed by atoms with E-state index in [1.807, 2.05) is 13.0 Å². The zero-order valence-corrected chi connectivity index (χ0v) is 9.21. The minimum Gasteiger partial charge on any atom is -0.493 e. The van der Waals surface area contributed by atoms with Gasteiger partial charge in [-0.15, -0.1) is 0 Å². The summed E-state index contributed by atoms with van der Waals surface area (Å²) in [6.07, 6.45) is 0.897. The maximum Gasteiger partial charge on any atom is 0.125 e. The van der Waals surface area contributed by atoms with Crippen LogP contribution in [0.1, 0.15) is 24.5 Å². The SMILES string of the molecule is Cc1cccc(C)c1OCCC(C)N. The Morgan fingerprint density at radius 1 is 1.29 bits per heavy atom. The van der Waals surface area contributed by atoms with Crippen molar-refractivity contribution < 1.29 is 4.74 Å². The summed E-state index contributed by atoms with van der Waals surface area (Å²) in [4.78, 5) is 0. The van der Waals surface area contributed by atoms with Crippen LogP contribution in [0.3, 0.4) is 0 Å². The molecular weight excluding hydrogens is 174 g/mol. The minimum atomic E-state index is 0.208. The van der Waals surface area contributed by atoms with Crippen molar-refractivity contribution in [2.75, 3.05) is 6.61 Å². The average molecular weight is 193 g/mol. The molecule has 1 rings (SSSR count). The molecule has 2 heteroatoms. The fourth-order valence-electron chi connectivity index (χ4n) is 1.37. The highest BCUT2D eigenvalue weighted by Crippen LogP contribution is 2.22. The first-order valence-corrected chi connectivity index (χ1v) is 5.06. The van der Waals surface area contributed by atoms with Crippen molar-refractivity contribution >= 4 is 0 Å². The number of hydrogen-bond acceptors (Lipinski definition) is 2. The molecule has 0 saturated heterocycles. The summed E-state index contributed by atoms with van der Waals surface area (Å²) >= 11 is 0. The van der Waals surface area contributed by atoms with E-state index in [1.165, 1.54) is 11.1 Å². The van der Waals surface area contributed by atoms with Crippen LogP contribution < -0.4 is 10.5 Å². The molecule has 1 unspecified atom stereocenters. The van der Waals surface area contributed by atoms with Crippen LogP contribution in [0.25, 0.3) is 0 Å². The molecular formula is C12H19NO. The summed E-state index contributed by atoms with van der Waals surface area (Å²) < 4.78 is 5.70. The van der Waals surface area contributed by atoms with Gasteiger partial charge in [-0.05, 0) is 38.3 Å². The maximum absolute atomic E-state index is 5.70. The Morgan fingerprint density at radius 3 is 2.36 bits per heavy atom. The monoisotopic (exact) mass is 193 g/mol. The molecule has 2 N–H and O–H groups in total. The summed E-state index contributed by atoms with van der Waals surface area (Å²) in [5.74, 6) is 1.01. The van der Waals surface area contributed by atoms with Gasteiger partial charge in [0, 0.05) is 6.04 Å². The van der Waals surface area contributed by atoms with Crippen LogP contribution >= 0.6 is 0 Å². The number of ether oxygens (including phenoxy) is 1. The topological polar surface area (TPSA) is 35.2 Å². The van der Waals surface area contributed by atoms with E-state index in [2.05, 4.69) is 26.0 Å². The van der Waals surface area contributed by atoms with Crippen LogP contribution in [-0.4, -0.2) is 12.6 Å². The molecule has 2 nitrogen and oxygen atoms in total. The predicted octanol–water partition coefficient (Wildman–Crippen LogP) is 2.42. The minimum absolute atomic E-state index is 0.208. The Balaban J connectivity index is 2.58. The van der Waals surface area contributed by atoms with Crippen LogP contribution in [0.5, 0.6) is 5.75 Å². The van der Waals surface area contributed by atoms with Crippen molar-refractivity contribution in [2.45, 2.75) is 33.2 Å². The average Bonchev–Trinajstić information content (AvgIpc) is 2.09. The van der Waals surface area contributed by atoms with Gasteiger partial charge in [0.05, 0.1) is 6.61 Å². The lowest BCUT2D eigenvalue weighted by Gasteiger charge is -2.12. The second kappa shape index (κ2) is 5.01. The normalized spacial score (nSPS) is 12.6. The molecule has 0 heterocycles. The van der Waals surface area contributed by atoms with Gasteiger partial charge in [-0.25, -0.2) is 0 Å². The van der Waals surface area contributed by atoms with Crippen LogP contribution in [0, 0.1) is 13.8 Å². The van der Waals surface area contributed by atoms with Gasteiger partial charge in [0.25, 0.3) is 0 Å². The van der Waals surface area contributed by atoms with Gasteiger partial charge in [0.15, 0.2) is 0 Å². The zero-order valence-electron chi connectivity index (χ0n) is 9.21. The molecule has 0 bridgehead atoms. The molecule has 1 aromatic rings. The standard InChI is InChI=1S/C12H19NO/c1-9-5-4-6-10(2)12(9)14-8-7-11(3)13/h4-6,11H,7-8,13H2,1-3H3. The van der Waals surface area contributed by atoms with E-state index in [9.17, 15) is 0 Å². The highest BCUT2D eigenvalue weighted by atomic mass is 16.5. The Kier molecular flexibility index (Phi) is 3.96. The Morgan fingerprint density at radius 2 is 1.86 bits per heavy atom. The second-order valence-electron chi connectivity index (χ2n) is 3.84. The Labute approximate surface area is 86.1 Å². The lowest BCUT2D eigenvalue weighted by atomic mass is 10.1. The summed E-state index contributed by atoms with van der Waals surface area (Å²) in [6.45, 7) is 6.82. The summed E-state index contributed by atoms with van der Waals surface area (Å²) in [5, 5.41) is 0. The maximum atomic E-state index is 5.70. The van der Waals surface area contributed by atoms with E-state index in [0.717, 1.165) is 12.2 Å². The van der Waals surface area contributed by atoms with Crippen molar-refractivity contribution in [2.24, 2.45) is 5.73 Å². The smallest absolute Gasteiger partial charge is 0.125 e. The molecule has 0 saturated carbocycles. The first-order valence-electron chi connectivity index (χ1n) is 5.06. The summed E-state index contributed by atoms with van der Waals surface area (Å²) in [6, 6.07) is 6.38. The zero-order chi connectivity index (χ0) is 10.6. The molecule has 78 valence electrons. The molecule has 0 aliphatic heterocycles. The third-order valence-electron chi connectivity index (χ3n) is 2.23. The van der Waals surface area contributed by atoms with Gasteiger partial charge in [0.1, 0.15) is 5.75 Å². The van der Waals surface area contributed by atoms with Crippen LogP contribution in [-0.2, 0) is 0 Å². The van der Waals surface area contributed by atoms with E-state index in [4.69, 9.17) is 10.5 Å². The highest BCUT2D eigenvalue weighted by Gasteiger charge is 2.03. The predicted molar refractivity (Wildman–Crippen MR) is 59.7 cm³/mol. The molecule has 0 aliphatic carbocycles.